The lowest BCUT2D eigenvalue weighted by molar-refractivity contribution is -0.121. The Balaban J connectivity index is 2.48. The molecule has 4 N–H and O–H groups in total. The molecular formula is C19H30BrN5O2. The predicted octanol–water partition coefficient (Wildman–Crippen LogP) is 2.56. The summed E-state index contributed by atoms with van der Waals surface area (Å²) in [5.41, 5.74) is 1.50. The van der Waals surface area contributed by atoms with Crippen LogP contribution in [0.3, 0.4) is 0 Å². The van der Waals surface area contributed by atoms with E-state index in [9.17, 15) is 9.59 Å². The molecule has 7 nitrogen and oxygen atoms in total. The van der Waals surface area contributed by atoms with Crippen LogP contribution in [0.5, 0.6) is 0 Å². The quantitative estimate of drug-likeness (QED) is 0.387. The standard InChI is InChI=1S/C19H30BrN5O2/c1-6-21-18(23-12-17(27)25-19(3,4)5)22-10-9-16(26)24-15-8-7-14(20)11-13(15)2/h7-8,11H,6,9-10,12H2,1-5H3,(H,24,26)(H,25,27)(H2,21,22,23). The Morgan fingerprint density at radius 3 is 2.44 bits per heavy atom. The van der Waals surface area contributed by atoms with E-state index in [2.05, 4.69) is 42.2 Å². The van der Waals surface area contributed by atoms with Crippen molar-refractivity contribution in [3.8, 4) is 0 Å². The number of nitrogens with zero attached hydrogens (tertiary/aromatic N) is 1. The minimum absolute atomic E-state index is 0.0247. The molecule has 1 aromatic carbocycles. The Kier molecular flexibility index (Phi) is 9.28. The second-order valence-electron chi connectivity index (χ2n) is 7.18. The zero-order chi connectivity index (χ0) is 20.4. The molecule has 150 valence electrons. The zero-order valence-electron chi connectivity index (χ0n) is 16.7. The smallest absolute Gasteiger partial charge is 0.242 e. The lowest BCUT2D eigenvalue weighted by Gasteiger charge is -2.20. The summed E-state index contributed by atoms with van der Waals surface area (Å²) in [4.78, 5) is 28.2. The molecule has 0 unspecified atom stereocenters. The van der Waals surface area contributed by atoms with Gasteiger partial charge in [0.1, 0.15) is 6.54 Å². The molecule has 0 heterocycles. The van der Waals surface area contributed by atoms with Crippen molar-refractivity contribution >= 4 is 39.4 Å². The van der Waals surface area contributed by atoms with E-state index in [1.807, 2.05) is 52.8 Å². The first-order valence-electron chi connectivity index (χ1n) is 9.00. The number of halogens is 1. The number of aliphatic imine (C=N–C) groups is 1. The van der Waals surface area contributed by atoms with E-state index >= 15 is 0 Å². The first-order valence-corrected chi connectivity index (χ1v) is 9.79. The monoisotopic (exact) mass is 439 g/mol. The van der Waals surface area contributed by atoms with Gasteiger partial charge in [-0.1, -0.05) is 15.9 Å². The van der Waals surface area contributed by atoms with Gasteiger partial charge in [-0.25, -0.2) is 4.99 Å². The molecule has 0 aromatic heterocycles. The topological polar surface area (TPSA) is 94.6 Å². The Morgan fingerprint density at radius 1 is 1.15 bits per heavy atom. The van der Waals surface area contributed by atoms with Crippen molar-refractivity contribution in [2.75, 3.05) is 25.0 Å². The molecule has 27 heavy (non-hydrogen) atoms. The average Bonchev–Trinajstić information content (AvgIpc) is 2.53. The van der Waals surface area contributed by atoms with E-state index in [4.69, 9.17) is 0 Å². The van der Waals surface area contributed by atoms with Crippen molar-refractivity contribution in [1.29, 1.82) is 0 Å². The van der Waals surface area contributed by atoms with Crippen LogP contribution < -0.4 is 21.3 Å². The van der Waals surface area contributed by atoms with Gasteiger partial charge in [-0.15, -0.1) is 0 Å². The van der Waals surface area contributed by atoms with Crippen molar-refractivity contribution in [3.63, 3.8) is 0 Å². The molecule has 2 amide bonds. The highest BCUT2D eigenvalue weighted by atomic mass is 79.9. The van der Waals surface area contributed by atoms with Crippen molar-refractivity contribution in [3.05, 3.63) is 28.2 Å². The summed E-state index contributed by atoms with van der Waals surface area (Å²) >= 11 is 3.40. The fraction of sp³-hybridized carbons (Fsp3) is 0.526. The van der Waals surface area contributed by atoms with Gasteiger partial charge < -0.3 is 21.3 Å². The molecule has 1 rings (SSSR count). The van der Waals surface area contributed by atoms with E-state index < -0.39 is 0 Å². The second-order valence-corrected chi connectivity index (χ2v) is 8.09. The fourth-order valence-electron chi connectivity index (χ4n) is 2.22. The maximum Gasteiger partial charge on any atom is 0.242 e. The first kappa shape index (κ1) is 23.0. The third-order valence-corrected chi connectivity index (χ3v) is 3.84. The van der Waals surface area contributed by atoms with E-state index in [0.717, 1.165) is 15.7 Å². The van der Waals surface area contributed by atoms with Gasteiger partial charge in [0.2, 0.25) is 11.8 Å². The number of carbonyl (C=O) groups is 2. The van der Waals surface area contributed by atoms with E-state index in [1.165, 1.54) is 0 Å². The summed E-state index contributed by atoms with van der Waals surface area (Å²) in [5, 5.41) is 11.9. The number of rotatable bonds is 7. The maximum absolute atomic E-state index is 12.1. The van der Waals surface area contributed by atoms with Crippen LogP contribution in [0.4, 0.5) is 5.69 Å². The van der Waals surface area contributed by atoms with Crippen LogP contribution >= 0.6 is 15.9 Å². The third kappa shape index (κ3) is 9.98. The van der Waals surface area contributed by atoms with Crippen molar-refractivity contribution in [1.82, 2.24) is 16.0 Å². The second kappa shape index (κ2) is 10.9. The highest BCUT2D eigenvalue weighted by Crippen LogP contribution is 2.19. The van der Waals surface area contributed by atoms with Crippen LogP contribution in [0.1, 0.15) is 39.7 Å². The molecule has 0 saturated carbocycles. The molecule has 0 aliphatic heterocycles. The molecule has 0 radical (unpaired) electrons. The number of carbonyl (C=O) groups excluding carboxylic acids is 2. The highest BCUT2D eigenvalue weighted by Gasteiger charge is 2.13. The maximum atomic E-state index is 12.1. The Hall–Kier alpha value is -2.09. The molecule has 1 aromatic rings. The normalized spacial score (nSPS) is 11.7. The third-order valence-electron chi connectivity index (χ3n) is 3.35. The highest BCUT2D eigenvalue weighted by molar-refractivity contribution is 9.10. The van der Waals surface area contributed by atoms with Gasteiger partial charge >= 0.3 is 0 Å². The van der Waals surface area contributed by atoms with Crippen LogP contribution in [-0.4, -0.2) is 42.9 Å². The van der Waals surface area contributed by atoms with Crippen molar-refractivity contribution < 1.29 is 9.59 Å². The molecule has 8 heteroatoms. The van der Waals surface area contributed by atoms with Crippen molar-refractivity contribution in [2.24, 2.45) is 4.99 Å². The number of guanidine groups is 1. The Bertz CT molecular complexity index is 683. The van der Waals surface area contributed by atoms with Gasteiger partial charge in [0.05, 0.1) is 0 Å². The fourth-order valence-corrected chi connectivity index (χ4v) is 2.70. The molecule has 0 fully saturated rings. The van der Waals surface area contributed by atoms with E-state index in [1.54, 1.807) is 0 Å². The van der Waals surface area contributed by atoms with Gasteiger partial charge in [0.25, 0.3) is 0 Å². The van der Waals surface area contributed by atoms with E-state index in [0.29, 0.717) is 19.0 Å². The molecule has 0 aliphatic carbocycles. The Morgan fingerprint density at radius 2 is 1.85 bits per heavy atom. The number of amides is 2. The molecule has 0 bridgehead atoms. The number of hydrogen-bond donors (Lipinski definition) is 4. The number of anilines is 1. The zero-order valence-corrected chi connectivity index (χ0v) is 18.3. The van der Waals surface area contributed by atoms with Crippen LogP contribution in [0.25, 0.3) is 0 Å². The number of aryl methyl sites for hydroxylation is 1. The summed E-state index contributed by atoms with van der Waals surface area (Å²) in [6, 6.07) is 5.70. The lowest BCUT2D eigenvalue weighted by Crippen LogP contribution is -2.43. The molecule has 0 atom stereocenters. The molecule has 0 saturated heterocycles. The number of hydrogen-bond acceptors (Lipinski definition) is 3. The largest absolute Gasteiger partial charge is 0.357 e. The van der Waals surface area contributed by atoms with Gasteiger partial charge in [-0.3, -0.25) is 9.59 Å². The summed E-state index contributed by atoms with van der Waals surface area (Å²) in [6.07, 6.45) is 0.286. The summed E-state index contributed by atoms with van der Waals surface area (Å²) in [6.45, 7) is 10.7. The van der Waals surface area contributed by atoms with Gasteiger partial charge in [-0.05, 0) is 58.4 Å². The predicted molar refractivity (Wildman–Crippen MR) is 114 cm³/mol. The van der Waals surface area contributed by atoms with Crippen LogP contribution in [0, 0.1) is 6.92 Å². The van der Waals surface area contributed by atoms with Crippen LogP contribution in [0.15, 0.2) is 27.7 Å². The van der Waals surface area contributed by atoms with Crippen LogP contribution in [-0.2, 0) is 9.59 Å². The van der Waals surface area contributed by atoms with Gasteiger partial charge in [0, 0.05) is 35.2 Å². The first-order chi connectivity index (χ1) is 12.6. The van der Waals surface area contributed by atoms with Gasteiger partial charge in [-0.2, -0.15) is 0 Å². The minimum Gasteiger partial charge on any atom is -0.357 e. The molecule has 0 spiro atoms. The number of benzene rings is 1. The minimum atomic E-state index is -0.290. The lowest BCUT2D eigenvalue weighted by atomic mass is 10.1. The van der Waals surface area contributed by atoms with Gasteiger partial charge in [0.15, 0.2) is 5.96 Å². The van der Waals surface area contributed by atoms with E-state index in [-0.39, 0.29) is 30.3 Å². The average molecular weight is 440 g/mol. The Labute approximate surface area is 169 Å². The molecule has 0 aliphatic rings. The SMILES string of the molecule is CCNC(=NCC(=O)NC(C)(C)C)NCCC(=O)Nc1ccc(Br)cc1C. The number of nitrogens with one attached hydrogen (secondary N) is 4. The summed E-state index contributed by atoms with van der Waals surface area (Å²) < 4.78 is 0.974. The summed E-state index contributed by atoms with van der Waals surface area (Å²) in [7, 11) is 0. The summed E-state index contributed by atoms with van der Waals surface area (Å²) in [5.74, 6) is 0.270. The molecular weight excluding hydrogens is 410 g/mol. The van der Waals surface area contributed by atoms with Crippen molar-refractivity contribution in [2.45, 2.75) is 46.6 Å². The van der Waals surface area contributed by atoms with Crippen LogP contribution in [0.2, 0.25) is 0 Å².